The standard InChI is InChI=1S/C16H16O4/c17-16(18)15-12(8-9-19-15)10-20-14-7-3-5-11-4-1-2-6-13(11)14/h1-2,4,6,8-9,14H,3,5,7,10H2,(H,17,18). The van der Waals surface area contributed by atoms with Crippen molar-refractivity contribution < 1.29 is 19.1 Å². The fraction of sp³-hybridized carbons (Fsp3) is 0.312. The lowest BCUT2D eigenvalue weighted by molar-refractivity contribution is 0.0267. The van der Waals surface area contributed by atoms with Gasteiger partial charge in [-0.3, -0.25) is 0 Å². The van der Waals surface area contributed by atoms with Crippen LogP contribution in [0.4, 0.5) is 0 Å². The van der Waals surface area contributed by atoms with E-state index in [2.05, 4.69) is 12.1 Å². The number of hydrogen-bond donors (Lipinski definition) is 1. The number of carboxylic acids is 1. The van der Waals surface area contributed by atoms with Crippen molar-refractivity contribution in [3.63, 3.8) is 0 Å². The molecule has 20 heavy (non-hydrogen) atoms. The second-order valence-corrected chi connectivity index (χ2v) is 4.97. The Bertz CT molecular complexity index is 614. The van der Waals surface area contributed by atoms with Gasteiger partial charge in [-0.2, -0.15) is 0 Å². The Morgan fingerprint density at radius 2 is 2.20 bits per heavy atom. The topological polar surface area (TPSA) is 59.7 Å². The van der Waals surface area contributed by atoms with Crippen LogP contribution in [0.5, 0.6) is 0 Å². The Morgan fingerprint density at radius 3 is 3.05 bits per heavy atom. The van der Waals surface area contributed by atoms with Crippen LogP contribution in [0.3, 0.4) is 0 Å². The minimum absolute atomic E-state index is 0.0332. The smallest absolute Gasteiger partial charge is 0.372 e. The third-order valence-electron chi connectivity index (χ3n) is 3.70. The molecule has 0 saturated carbocycles. The van der Waals surface area contributed by atoms with Gasteiger partial charge in [-0.1, -0.05) is 24.3 Å². The van der Waals surface area contributed by atoms with Crippen LogP contribution < -0.4 is 0 Å². The Balaban J connectivity index is 1.73. The molecule has 4 heteroatoms. The largest absolute Gasteiger partial charge is 0.475 e. The van der Waals surface area contributed by atoms with Crippen molar-refractivity contribution in [3.8, 4) is 0 Å². The van der Waals surface area contributed by atoms with E-state index in [1.54, 1.807) is 6.07 Å². The van der Waals surface area contributed by atoms with E-state index in [1.165, 1.54) is 17.4 Å². The molecule has 0 bridgehead atoms. The van der Waals surface area contributed by atoms with Crippen LogP contribution in [0, 0.1) is 0 Å². The number of rotatable bonds is 4. The quantitative estimate of drug-likeness (QED) is 0.924. The first kappa shape index (κ1) is 12.9. The Kier molecular flexibility index (Phi) is 3.56. The lowest BCUT2D eigenvalue weighted by Crippen LogP contribution is -2.13. The van der Waals surface area contributed by atoms with Gasteiger partial charge in [0.1, 0.15) is 0 Å². The molecule has 4 nitrogen and oxygen atoms in total. The normalized spacial score (nSPS) is 17.7. The van der Waals surface area contributed by atoms with E-state index in [9.17, 15) is 4.79 Å². The zero-order valence-electron chi connectivity index (χ0n) is 11.0. The molecule has 1 N–H and O–H groups in total. The Hall–Kier alpha value is -2.07. The molecule has 0 radical (unpaired) electrons. The SMILES string of the molecule is O=C(O)c1occc1COC1CCCc2ccccc21. The maximum absolute atomic E-state index is 11.0. The number of fused-ring (bicyclic) bond motifs is 1. The predicted molar refractivity (Wildman–Crippen MR) is 72.6 cm³/mol. The summed E-state index contributed by atoms with van der Waals surface area (Å²) in [5.41, 5.74) is 3.13. The fourth-order valence-electron chi connectivity index (χ4n) is 2.71. The van der Waals surface area contributed by atoms with Crippen molar-refractivity contribution >= 4 is 5.97 Å². The van der Waals surface area contributed by atoms with Crippen LogP contribution in [0.2, 0.25) is 0 Å². The zero-order chi connectivity index (χ0) is 13.9. The molecule has 1 aliphatic rings. The summed E-state index contributed by atoms with van der Waals surface area (Å²) in [6.07, 6.45) is 4.58. The van der Waals surface area contributed by atoms with E-state index in [0.717, 1.165) is 19.3 Å². The minimum Gasteiger partial charge on any atom is -0.475 e. The summed E-state index contributed by atoms with van der Waals surface area (Å²) in [4.78, 5) is 11.0. The molecular weight excluding hydrogens is 256 g/mol. The van der Waals surface area contributed by atoms with Crippen molar-refractivity contribution in [3.05, 3.63) is 59.0 Å². The minimum atomic E-state index is -1.06. The molecule has 1 aliphatic carbocycles. The van der Waals surface area contributed by atoms with Crippen molar-refractivity contribution in [2.45, 2.75) is 32.0 Å². The van der Waals surface area contributed by atoms with E-state index in [4.69, 9.17) is 14.3 Å². The second kappa shape index (κ2) is 5.51. The molecule has 1 aromatic carbocycles. The Morgan fingerprint density at radius 1 is 1.35 bits per heavy atom. The highest BCUT2D eigenvalue weighted by Crippen LogP contribution is 2.33. The van der Waals surface area contributed by atoms with Gasteiger partial charge in [0.25, 0.3) is 0 Å². The van der Waals surface area contributed by atoms with Gasteiger partial charge in [0, 0.05) is 5.56 Å². The van der Waals surface area contributed by atoms with Crippen LogP contribution in [-0.4, -0.2) is 11.1 Å². The molecule has 1 heterocycles. The van der Waals surface area contributed by atoms with Crippen molar-refractivity contribution in [1.29, 1.82) is 0 Å². The van der Waals surface area contributed by atoms with Crippen LogP contribution in [0.15, 0.2) is 41.0 Å². The van der Waals surface area contributed by atoms with Crippen molar-refractivity contribution in [2.75, 3.05) is 0 Å². The van der Waals surface area contributed by atoms with E-state index in [1.807, 2.05) is 12.1 Å². The Labute approximate surface area is 117 Å². The lowest BCUT2D eigenvalue weighted by Gasteiger charge is -2.25. The third-order valence-corrected chi connectivity index (χ3v) is 3.70. The predicted octanol–water partition coefficient (Wildman–Crippen LogP) is 3.57. The second-order valence-electron chi connectivity index (χ2n) is 4.97. The van der Waals surface area contributed by atoms with Crippen LogP contribution in [0.1, 0.15) is 46.2 Å². The van der Waals surface area contributed by atoms with Gasteiger partial charge in [0.15, 0.2) is 0 Å². The number of aromatic carboxylic acids is 1. The first-order chi connectivity index (χ1) is 9.75. The molecular formula is C16H16O4. The van der Waals surface area contributed by atoms with Crippen molar-refractivity contribution in [1.82, 2.24) is 0 Å². The molecule has 0 aliphatic heterocycles. The van der Waals surface area contributed by atoms with Gasteiger partial charge >= 0.3 is 5.97 Å². The zero-order valence-corrected chi connectivity index (χ0v) is 11.0. The summed E-state index contributed by atoms with van der Waals surface area (Å²) >= 11 is 0. The number of ether oxygens (including phenoxy) is 1. The van der Waals surface area contributed by atoms with Gasteiger partial charge in [-0.05, 0) is 36.5 Å². The summed E-state index contributed by atoms with van der Waals surface area (Å²) in [6, 6.07) is 9.93. The van der Waals surface area contributed by atoms with Gasteiger partial charge in [0.2, 0.25) is 5.76 Å². The molecule has 2 aromatic rings. The van der Waals surface area contributed by atoms with E-state index >= 15 is 0 Å². The van der Waals surface area contributed by atoms with Gasteiger partial charge in [-0.25, -0.2) is 4.79 Å². The first-order valence-corrected chi connectivity index (χ1v) is 6.75. The number of furan rings is 1. The molecule has 0 saturated heterocycles. The maximum Gasteiger partial charge on any atom is 0.372 e. The fourth-order valence-corrected chi connectivity index (χ4v) is 2.71. The molecule has 1 unspecified atom stereocenters. The first-order valence-electron chi connectivity index (χ1n) is 6.75. The molecule has 1 atom stereocenters. The van der Waals surface area contributed by atoms with Gasteiger partial charge in [0.05, 0.1) is 19.0 Å². The molecule has 104 valence electrons. The van der Waals surface area contributed by atoms with Gasteiger partial charge < -0.3 is 14.3 Å². The number of aryl methyl sites for hydroxylation is 1. The number of hydrogen-bond acceptors (Lipinski definition) is 3. The summed E-state index contributed by atoms with van der Waals surface area (Å²) < 4.78 is 10.9. The maximum atomic E-state index is 11.0. The highest BCUT2D eigenvalue weighted by molar-refractivity contribution is 5.85. The molecule has 0 amide bonds. The van der Waals surface area contributed by atoms with E-state index in [-0.39, 0.29) is 18.5 Å². The summed E-state index contributed by atoms with van der Waals surface area (Å²) in [7, 11) is 0. The molecule has 0 fully saturated rings. The van der Waals surface area contributed by atoms with Crippen molar-refractivity contribution in [2.24, 2.45) is 0 Å². The monoisotopic (exact) mass is 272 g/mol. The van der Waals surface area contributed by atoms with Crippen LogP contribution in [-0.2, 0) is 17.8 Å². The van der Waals surface area contributed by atoms with Gasteiger partial charge in [-0.15, -0.1) is 0 Å². The van der Waals surface area contributed by atoms with Crippen LogP contribution >= 0.6 is 0 Å². The van der Waals surface area contributed by atoms with Crippen LogP contribution in [0.25, 0.3) is 0 Å². The molecule has 3 rings (SSSR count). The summed E-state index contributed by atoms with van der Waals surface area (Å²) in [6.45, 7) is 0.261. The third kappa shape index (κ3) is 2.47. The van der Waals surface area contributed by atoms with E-state index in [0.29, 0.717) is 5.56 Å². The molecule has 0 spiro atoms. The number of benzene rings is 1. The average Bonchev–Trinajstić information content (AvgIpc) is 2.93. The number of carboxylic acid groups (broad SMARTS) is 1. The van der Waals surface area contributed by atoms with E-state index < -0.39 is 5.97 Å². The molecule has 1 aromatic heterocycles. The summed E-state index contributed by atoms with van der Waals surface area (Å²) in [5.74, 6) is -1.09. The highest BCUT2D eigenvalue weighted by atomic mass is 16.5. The number of carbonyl (C=O) groups is 1. The average molecular weight is 272 g/mol. The highest BCUT2D eigenvalue weighted by Gasteiger charge is 2.22. The lowest BCUT2D eigenvalue weighted by atomic mass is 9.89. The summed E-state index contributed by atoms with van der Waals surface area (Å²) in [5, 5.41) is 9.00.